The van der Waals surface area contributed by atoms with Crippen molar-refractivity contribution in [1.29, 1.82) is 0 Å². The third kappa shape index (κ3) is 1.94. The Labute approximate surface area is 95.0 Å². The zero-order chi connectivity index (χ0) is 11.1. The van der Waals surface area contributed by atoms with Crippen LogP contribution >= 0.6 is 11.6 Å². The van der Waals surface area contributed by atoms with Gasteiger partial charge in [0.05, 0.1) is 5.02 Å². The number of nitrogens with two attached hydrogens (primary N) is 1. The Kier molecular flexibility index (Phi) is 2.61. The third-order valence-corrected chi connectivity index (χ3v) is 3.62. The number of aromatic nitrogens is 1. The average Bonchev–Trinajstić information content (AvgIpc) is 2.21. The average molecular weight is 226 g/mol. The molecular formula is C11H16ClN3. The van der Waals surface area contributed by atoms with Crippen LogP contribution in [-0.2, 0) is 0 Å². The van der Waals surface area contributed by atoms with Gasteiger partial charge in [-0.3, -0.25) is 0 Å². The third-order valence-electron chi connectivity index (χ3n) is 3.39. The molecule has 1 aliphatic carbocycles. The van der Waals surface area contributed by atoms with E-state index in [1.165, 1.54) is 0 Å². The Morgan fingerprint density at radius 3 is 2.73 bits per heavy atom. The minimum Gasteiger partial charge on any atom is -0.367 e. The van der Waals surface area contributed by atoms with Gasteiger partial charge in [0.25, 0.3) is 0 Å². The molecule has 1 saturated carbocycles. The molecule has 3 N–H and O–H groups in total. The number of nitrogens with one attached hydrogen (secondary N) is 1. The molecule has 4 heteroatoms. The lowest BCUT2D eigenvalue weighted by Crippen LogP contribution is -2.61. The highest BCUT2D eigenvalue weighted by Gasteiger charge is 2.46. The number of halogens is 1. The maximum Gasteiger partial charge on any atom is 0.126 e. The summed E-state index contributed by atoms with van der Waals surface area (Å²) < 4.78 is 0. The Balaban J connectivity index is 2.02. The molecule has 0 aliphatic heterocycles. The lowest BCUT2D eigenvalue weighted by Gasteiger charge is -2.50. The monoisotopic (exact) mass is 225 g/mol. The van der Waals surface area contributed by atoms with Gasteiger partial charge in [-0.15, -0.1) is 0 Å². The molecule has 1 heterocycles. The number of hydrogen-bond acceptors (Lipinski definition) is 3. The van der Waals surface area contributed by atoms with Crippen LogP contribution in [0, 0.1) is 5.41 Å². The number of anilines is 1. The maximum atomic E-state index is 5.94. The van der Waals surface area contributed by atoms with Gasteiger partial charge in [-0.1, -0.05) is 25.4 Å². The van der Waals surface area contributed by atoms with Crippen molar-refractivity contribution in [3.05, 3.63) is 23.4 Å². The first-order valence-corrected chi connectivity index (χ1v) is 5.51. The van der Waals surface area contributed by atoms with Crippen molar-refractivity contribution in [3.8, 4) is 0 Å². The molecule has 1 fully saturated rings. The van der Waals surface area contributed by atoms with Crippen LogP contribution in [0.1, 0.15) is 20.3 Å². The quantitative estimate of drug-likeness (QED) is 0.812. The number of pyridine rings is 1. The zero-order valence-electron chi connectivity index (χ0n) is 9.00. The van der Waals surface area contributed by atoms with Gasteiger partial charge in [-0.05, 0) is 18.6 Å². The van der Waals surface area contributed by atoms with E-state index in [1.807, 2.05) is 12.1 Å². The van der Waals surface area contributed by atoms with Crippen molar-refractivity contribution in [1.82, 2.24) is 4.98 Å². The summed E-state index contributed by atoms with van der Waals surface area (Å²) in [5.74, 6) is 0.865. The van der Waals surface area contributed by atoms with E-state index in [0.29, 0.717) is 11.1 Å². The van der Waals surface area contributed by atoms with Crippen LogP contribution in [0.4, 0.5) is 5.82 Å². The SMILES string of the molecule is CC1(C)C(N)CC1Nc1ccc(Cl)cn1. The molecule has 0 bridgehead atoms. The predicted molar refractivity (Wildman–Crippen MR) is 63.0 cm³/mol. The normalized spacial score (nSPS) is 28.3. The predicted octanol–water partition coefficient (Wildman–Crippen LogP) is 2.27. The summed E-state index contributed by atoms with van der Waals surface area (Å²) in [4.78, 5) is 4.21. The zero-order valence-corrected chi connectivity index (χ0v) is 9.75. The highest BCUT2D eigenvalue weighted by molar-refractivity contribution is 6.30. The van der Waals surface area contributed by atoms with Gasteiger partial charge < -0.3 is 11.1 Å². The van der Waals surface area contributed by atoms with Crippen molar-refractivity contribution in [2.75, 3.05) is 5.32 Å². The molecule has 3 nitrogen and oxygen atoms in total. The largest absolute Gasteiger partial charge is 0.367 e. The summed E-state index contributed by atoms with van der Waals surface area (Å²) in [6.07, 6.45) is 2.65. The summed E-state index contributed by atoms with van der Waals surface area (Å²) in [7, 11) is 0. The first kappa shape index (κ1) is 10.7. The van der Waals surface area contributed by atoms with E-state index >= 15 is 0 Å². The molecule has 0 spiro atoms. The molecule has 0 radical (unpaired) electrons. The molecule has 1 aliphatic rings. The number of nitrogens with zero attached hydrogens (tertiary/aromatic N) is 1. The minimum absolute atomic E-state index is 0.140. The Hall–Kier alpha value is -0.800. The Bertz CT molecular complexity index is 347. The fourth-order valence-corrected chi connectivity index (χ4v) is 1.96. The van der Waals surface area contributed by atoms with Crippen molar-refractivity contribution < 1.29 is 0 Å². The standard InChI is InChI=1S/C11H16ClN3/c1-11(2)8(13)5-9(11)15-10-4-3-7(12)6-14-10/h3-4,6,8-9H,5,13H2,1-2H3,(H,14,15). The molecule has 0 saturated heterocycles. The van der Waals surface area contributed by atoms with Gasteiger partial charge in [0, 0.05) is 23.7 Å². The summed E-state index contributed by atoms with van der Waals surface area (Å²) in [6.45, 7) is 4.35. The van der Waals surface area contributed by atoms with Crippen LogP contribution in [-0.4, -0.2) is 17.1 Å². The number of hydrogen-bond donors (Lipinski definition) is 2. The first-order valence-electron chi connectivity index (χ1n) is 5.14. The molecule has 0 amide bonds. The van der Waals surface area contributed by atoms with E-state index in [9.17, 15) is 0 Å². The van der Waals surface area contributed by atoms with Crippen LogP contribution in [0.5, 0.6) is 0 Å². The molecule has 1 aromatic rings. The van der Waals surface area contributed by atoms with Crippen LogP contribution < -0.4 is 11.1 Å². The highest BCUT2D eigenvalue weighted by atomic mass is 35.5. The molecule has 15 heavy (non-hydrogen) atoms. The van der Waals surface area contributed by atoms with E-state index in [2.05, 4.69) is 24.1 Å². The van der Waals surface area contributed by atoms with E-state index in [1.54, 1.807) is 6.20 Å². The van der Waals surface area contributed by atoms with E-state index < -0.39 is 0 Å². The second-order valence-corrected chi connectivity index (χ2v) is 5.16. The molecule has 2 unspecified atom stereocenters. The highest BCUT2D eigenvalue weighted by Crippen LogP contribution is 2.40. The van der Waals surface area contributed by atoms with Gasteiger partial charge in [-0.25, -0.2) is 4.98 Å². The fourth-order valence-electron chi connectivity index (χ4n) is 1.84. The van der Waals surface area contributed by atoms with Crippen molar-refractivity contribution in [2.45, 2.75) is 32.4 Å². The second kappa shape index (κ2) is 3.65. The first-order chi connectivity index (χ1) is 7.00. The minimum atomic E-state index is 0.140. The summed E-state index contributed by atoms with van der Waals surface area (Å²) >= 11 is 5.77. The smallest absolute Gasteiger partial charge is 0.126 e. The van der Waals surface area contributed by atoms with E-state index in [0.717, 1.165) is 12.2 Å². The van der Waals surface area contributed by atoms with Crippen LogP contribution in [0.25, 0.3) is 0 Å². The van der Waals surface area contributed by atoms with Crippen LogP contribution in [0.2, 0.25) is 5.02 Å². The van der Waals surface area contributed by atoms with Crippen molar-refractivity contribution in [3.63, 3.8) is 0 Å². The van der Waals surface area contributed by atoms with Gasteiger partial charge in [0.15, 0.2) is 0 Å². The molecule has 0 aromatic carbocycles. The summed E-state index contributed by atoms with van der Waals surface area (Å²) in [5.41, 5.74) is 6.08. The van der Waals surface area contributed by atoms with Crippen molar-refractivity contribution in [2.24, 2.45) is 11.1 Å². The molecule has 1 aromatic heterocycles. The number of rotatable bonds is 2. The molecule has 2 atom stereocenters. The lowest BCUT2D eigenvalue weighted by molar-refractivity contribution is 0.117. The Morgan fingerprint density at radius 2 is 2.27 bits per heavy atom. The lowest BCUT2D eigenvalue weighted by atomic mass is 9.63. The van der Waals surface area contributed by atoms with Gasteiger partial charge >= 0.3 is 0 Å². The van der Waals surface area contributed by atoms with Crippen LogP contribution in [0.3, 0.4) is 0 Å². The molecular weight excluding hydrogens is 210 g/mol. The molecule has 2 rings (SSSR count). The van der Waals surface area contributed by atoms with Gasteiger partial charge in [0.1, 0.15) is 5.82 Å². The summed E-state index contributed by atoms with van der Waals surface area (Å²) in [5, 5.41) is 4.03. The van der Waals surface area contributed by atoms with Gasteiger partial charge in [0.2, 0.25) is 0 Å². The van der Waals surface area contributed by atoms with Crippen molar-refractivity contribution >= 4 is 17.4 Å². The van der Waals surface area contributed by atoms with E-state index in [-0.39, 0.29) is 11.5 Å². The second-order valence-electron chi connectivity index (χ2n) is 4.72. The van der Waals surface area contributed by atoms with Crippen LogP contribution in [0.15, 0.2) is 18.3 Å². The maximum absolute atomic E-state index is 5.94. The fraction of sp³-hybridized carbons (Fsp3) is 0.545. The molecule has 82 valence electrons. The van der Waals surface area contributed by atoms with Gasteiger partial charge in [-0.2, -0.15) is 0 Å². The summed E-state index contributed by atoms with van der Waals surface area (Å²) in [6, 6.07) is 4.41. The van der Waals surface area contributed by atoms with E-state index in [4.69, 9.17) is 17.3 Å². The Morgan fingerprint density at radius 1 is 1.53 bits per heavy atom. The topological polar surface area (TPSA) is 50.9 Å².